The molecule has 2 N–H and O–H groups in total. The molecule has 3 aromatic heterocycles. The lowest BCUT2D eigenvalue weighted by Gasteiger charge is -2.31. The normalized spacial score (nSPS) is 14.5. The number of aromatic nitrogens is 3. The summed E-state index contributed by atoms with van der Waals surface area (Å²) in [6.45, 7) is 0. The largest absolute Gasteiger partial charge is 0.374 e. The van der Waals surface area contributed by atoms with E-state index in [0.717, 1.165) is 12.1 Å². The summed E-state index contributed by atoms with van der Waals surface area (Å²) >= 11 is 0. The number of hydrogen-bond acceptors (Lipinski definition) is 2. The highest BCUT2D eigenvalue weighted by Gasteiger charge is 2.42. The number of hydrogen-bond donors (Lipinski definition) is 2. The molecular formula is C16H11F2N3O. The standard InChI is InChI=1S/C16H11F2N3O/c17-11-6-7-12(13(18)8-11)16(22,10-4-2-1-3-5-10)14-15-19-9-21(14)20-15/h1-9,20,22H. The number of benzene rings is 2. The van der Waals surface area contributed by atoms with Crippen LogP contribution < -0.4 is 0 Å². The Labute approximate surface area is 124 Å². The van der Waals surface area contributed by atoms with Gasteiger partial charge in [0, 0.05) is 11.6 Å². The van der Waals surface area contributed by atoms with Crippen LogP contribution in [0.2, 0.25) is 0 Å². The third kappa shape index (κ3) is 1.61. The van der Waals surface area contributed by atoms with Crippen molar-refractivity contribution in [3.63, 3.8) is 0 Å². The summed E-state index contributed by atoms with van der Waals surface area (Å²) in [7, 11) is 0. The first kappa shape index (κ1) is 13.0. The summed E-state index contributed by atoms with van der Waals surface area (Å²) < 4.78 is 29.1. The molecule has 1 atom stereocenters. The van der Waals surface area contributed by atoms with Crippen LogP contribution in [0.1, 0.15) is 16.8 Å². The molecule has 110 valence electrons. The van der Waals surface area contributed by atoms with E-state index in [-0.39, 0.29) is 5.56 Å². The monoisotopic (exact) mass is 299 g/mol. The van der Waals surface area contributed by atoms with Gasteiger partial charge in [0.05, 0.1) is 0 Å². The van der Waals surface area contributed by atoms with Gasteiger partial charge in [0.15, 0.2) is 11.2 Å². The first-order chi connectivity index (χ1) is 10.6. The maximum atomic E-state index is 14.3. The van der Waals surface area contributed by atoms with Crippen molar-refractivity contribution in [1.29, 1.82) is 0 Å². The van der Waals surface area contributed by atoms with E-state index in [1.54, 1.807) is 30.3 Å². The molecule has 3 heterocycles. The highest BCUT2D eigenvalue weighted by molar-refractivity contribution is 5.58. The van der Waals surface area contributed by atoms with E-state index in [9.17, 15) is 13.9 Å². The Hall–Kier alpha value is -2.73. The van der Waals surface area contributed by atoms with Gasteiger partial charge in [-0.05, 0) is 17.7 Å². The van der Waals surface area contributed by atoms with E-state index in [1.165, 1.54) is 16.9 Å². The zero-order chi connectivity index (χ0) is 15.3. The number of fused-ring (bicyclic) bond motifs is 1. The summed E-state index contributed by atoms with van der Waals surface area (Å²) in [4.78, 5) is 4.07. The van der Waals surface area contributed by atoms with E-state index in [2.05, 4.69) is 10.1 Å². The van der Waals surface area contributed by atoms with Gasteiger partial charge >= 0.3 is 0 Å². The van der Waals surface area contributed by atoms with Crippen LogP contribution in [-0.4, -0.2) is 19.7 Å². The molecule has 0 radical (unpaired) electrons. The first-order valence-electron chi connectivity index (χ1n) is 6.69. The van der Waals surface area contributed by atoms with E-state index >= 15 is 0 Å². The van der Waals surface area contributed by atoms with Crippen molar-refractivity contribution in [1.82, 2.24) is 14.6 Å². The number of H-pyrrole nitrogens is 1. The van der Waals surface area contributed by atoms with Crippen LogP contribution in [0, 0.1) is 11.6 Å². The van der Waals surface area contributed by atoms with Gasteiger partial charge in [0.1, 0.15) is 23.7 Å². The molecule has 1 unspecified atom stereocenters. The molecule has 0 saturated carbocycles. The van der Waals surface area contributed by atoms with Crippen LogP contribution >= 0.6 is 0 Å². The number of aliphatic hydroxyl groups is 1. The molecular weight excluding hydrogens is 288 g/mol. The molecule has 6 heteroatoms. The number of halogens is 2. The molecule has 0 aliphatic heterocycles. The molecule has 0 saturated heterocycles. The van der Waals surface area contributed by atoms with Gasteiger partial charge in [-0.25, -0.2) is 18.3 Å². The molecule has 0 fully saturated rings. The van der Waals surface area contributed by atoms with E-state index in [0.29, 0.717) is 16.9 Å². The highest BCUT2D eigenvalue weighted by Crippen LogP contribution is 2.40. The van der Waals surface area contributed by atoms with Gasteiger partial charge < -0.3 is 5.11 Å². The van der Waals surface area contributed by atoms with Crippen LogP contribution in [0.5, 0.6) is 0 Å². The van der Waals surface area contributed by atoms with Crippen molar-refractivity contribution in [3.8, 4) is 0 Å². The minimum atomic E-state index is -1.75. The molecule has 0 amide bonds. The zero-order valence-corrected chi connectivity index (χ0v) is 11.3. The first-order valence-corrected chi connectivity index (χ1v) is 6.69. The van der Waals surface area contributed by atoms with Crippen LogP contribution in [0.3, 0.4) is 0 Å². The Morgan fingerprint density at radius 3 is 2.45 bits per heavy atom. The van der Waals surface area contributed by atoms with Crippen molar-refractivity contribution in [3.05, 3.63) is 83.3 Å². The average Bonchev–Trinajstić information content (AvgIpc) is 3.12. The van der Waals surface area contributed by atoms with Crippen molar-refractivity contribution in [2.24, 2.45) is 0 Å². The molecule has 0 aliphatic carbocycles. The third-order valence-electron chi connectivity index (χ3n) is 3.85. The predicted molar refractivity (Wildman–Crippen MR) is 75.6 cm³/mol. The maximum absolute atomic E-state index is 14.3. The molecule has 4 nitrogen and oxygen atoms in total. The number of aromatic amines is 1. The Morgan fingerprint density at radius 2 is 1.86 bits per heavy atom. The SMILES string of the molecule is OC(c1ccccc1)(c1ccc(F)cc1F)c1c2ncn1[nH]2. The summed E-state index contributed by atoms with van der Waals surface area (Å²) in [6, 6.07) is 11.8. The topological polar surface area (TPSA) is 53.3 Å². The smallest absolute Gasteiger partial charge is 0.172 e. The molecule has 2 aromatic carbocycles. The fourth-order valence-electron chi connectivity index (χ4n) is 2.80. The Bertz CT molecular complexity index is 897. The number of nitrogens with zero attached hydrogens (tertiary/aromatic N) is 2. The molecule has 2 bridgehead atoms. The number of nitrogens with one attached hydrogen (secondary N) is 1. The van der Waals surface area contributed by atoms with Crippen LogP contribution in [0.4, 0.5) is 8.78 Å². The van der Waals surface area contributed by atoms with Crippen molar-refractivity contribution >= 4 is 5.65 Å². The summed E-state index contributed by atoms with van der Waals surface area (Å²) in [5.74, 6) is -1.51. The van der Waals surface area contributed by atoms with Crippen LogP contribution in [-0.2, 0) is 5.60 Å². The molecule has 22 heavy (non-hydrogen) atoms. The molecule has 5 aromatic rings. The second-order valence-electron chi connectivity index (χ2n) is 5.12. The summed E-state index contributed by atoms with van der Waals surface area (Å²) in [5, 5.41) is 14.2. The molecule has 0 aliphatic rings. The van der Waals surface area contributed by atoms with Crippen molar-refractivity contribution < 1.29 is 13.9 Å². The minimum absolute atomic E-state index is 0.0235. The molecule has 5 rings (SSSR count). The van der Waals surface area contributed by atoms with Gasteiger partial charge in [-0.15, -0.1) is 0 Å². The van der Waals surface area contributed by atoms with E-state index < -0.39 is 17.2 Å². The lowest BCUT2D eigenvalue weighted by molar-refractivity contribution is 0.112. The van der Waals surface area contributed by atoms with Crippen molar-refractivity contribution in [2.45, 2.75) is 5.60 Å². The van der Waals surface area contributed by atoms with Crippen LogP contribution in [0.15, 0.2) is 54.9 Å². The summed E-state index contributed by atoms with van der Waals surface area (Å²) in [5.41, 5.74) is -0.412. The lowest BCUT2D eigenvalue weighted by atomic mass is 9.83. The predicted octanol–water partition coefficient (Wildman–Crippen LogP) is 2.66. The minimum Gasteiger partial charge on any atom is -0.374 e. The Morgan fingerprint density at radius 1 is 1.09 bits per heavy atom. The fourth-order valence-corrected chi connectivity index (χ4v) is 2.80. The molecule has 0 spiro atoms. The van der Waals surface area contributed by atoms with E-state index in [1.807, 2.05) is 0 Å². The fraction of sp³-hybridized carbons (Fsp3) is 0.0625. The van der Waals surface area contributed by atoms with E-state index in [4.69, 9.17) is 0 Å². The quantitative estimate of drug-likeness (QED) is 0.611. The van der Waals surface area contributed by atoms with Gasteiger partial charge in [-0.2, -0.15) is 0 Å². The average molecular weight is 299 g/mol. The number of rotatable bonds is 3. The van der Waals surface area contributed by atoms with Gasteiger partial charge in [-0.3, -0.25) is 5.10 Å². The lowest BCUT2D eigenvalue weighted by Crippen LogP contribution is -2.34. The van der Waals surface area contributed by atoms with Gasteiger partial charge in [0.2, 0.25) is 0 Å². The highest BCUT2D eigenvalue weighted by atomic mass is 19.1. The van der Waals surface area contributed by atoms with Gasteiger partial charge in [-0.1, -0.05) is 30.3 Å². The Kier molecular flexibility index (Phi) is 2.58. The third-order valence-corrected chi connectivity index (χ3v) is 3.85. The summed E-state index contributed by atoms with van der Waals surface area (Å²) in [6.07, 6.45) is 1.50. The van der Waals surface area contributed by atoms with Crippen LogP contribution in [0.25, 0.3) is 5.65 Å². The number of imidazole rings is 1. The second kappa shape index (κ2) is 4.38. The Balaban J connectivity index is 2.01. The van der Waals surface area contributed by atoms with Gasteiger partial charge in [0.25, 0.3) is 0 Å². The second-order valence-corrected chi connectivity index (χ2v) is 5.12. The maximum Gasteiger partial charge on any atom is 0.172 e. The zero-order valence-electron chi connectivity index (χ0n) is 11.3. The van der Waals surface area contributed by atoms with Crippen molar-refractivity contribution in [2.75, 3.05) is 0 Å².